The van der Waals surface area contributed by atoms with Crippen LogP contribution in [-0.4, -0.2) is 48.9 Å². The van der Waals surface area contributed by atoms with Gasteiger partial charge in [-0.25, -0.2) is 9.97 Å². The lowest BCUT2D eigenvalue weighted by Gasteiger charge is -2.38. The number of aromatic nitrogens is 4. The zero-order valence-electron chi connectivity index (χ0n) is 14.1. The minimum absolute atomic E-state index is 0.0588. The standard InChI is InChI=1S/C16H22N6O2/c1-4-22-10-8-18-15(22)16(24)19-11-5-6-12(23)21(3)13(11)14-17-7-9-20(14)2/h7-11,13H,4-6H2,1-3H3,(H,19,24)/t11-,13-/m1/s1. The van der Waals surface area contributed by atoms with E-state index >= 15 is 0 Å². The molecule has 2 atom stereocenters. The van der Waals surface area contributed by atoms with Gasteiger partial charge >= 0.3 is 0 Å². The number of rotatable bonds is 4. The van der Waals surface area contributed by atoms with Gasteiger partial charge in [0.2, 0.25) is 5.91 Å². The third kappa shape index (κ3) is 2.79. The number of hydrogen-bond acceptors (Lipinski definition) is 4. The molecule has 0 unspecified atom stereocenters. The molecule has 24 heavy (non-hydrogen) atoms. The highest BCUT2D eigenvalue weighted by Gasteiger charge is 2.38. The Morgan fingerprint density at radius 1 is 1.29 bits per heavy atom. The fraction of sp³-hybridized carbons (Fsp3) is 0.500. The molecule has 0 spiro atoms. The van der Waals surface area contributed by atoms with E-state index < -0.39 is 0 Å². The van der Waals surface area contributed by atoms with Gasteiger partial charge in [-0.05, 0) is 13.3 Å². The van der Waals surface area contributed by atoms with Crippen LogP contribution in [0.1, 0.15) is 42.3 Å². The maximum atomic E-state index is 12.6. The Morgan fingerprint density at radius 3 is 2.71 bits per heavy atom. The molecule has 1 aliphatic heterocycles. The number of piperidine rings is 1. The number of likely N-dealkylation sites (N-methyl/N-ethyl adjacent to an activating group) is 1. The predicted molar refractivity (Wildman–Crippen MR) is 87.1 cm³/mol. The number of aryl methyl sites for hydroxylation is 2. The largest absolute Gasteiger partial charge is 0.344 e. The quantitative estimate of drug-likeness (QED) is 0.895. The molecule has 1 fully saturated rings. The number of nitrogens with one attached hydrogen (secondary N) is 1. The summed E-state index contributed by atoms with van der Waals surface area (Å²) in [5.41, 5.74) is 0. The van der Waals surface area contributed by atoms with Crippen LogP contribution in [0.2, 0.25) is 0 Å². The van der Waals surface area contributed by atoms with Crippen LogP contribution in [0.4, 0.5) is 0 Å². The van der Waals surface area contributed by atoms with Crippen LogP contribution in [0, 0.1) is 0 Å². The van der Waals surface area contributed by atoms with Gasteiger partial charge in [0.05, 0.1) is 6.04 Å². The molecule has 2 aromatic heterocycles. The van der Waals surface area contributed by atoms with E-state index in [0.29, 0.717) is 25.2 Å². The Morgan fingerprint density at radius 2 is 2.04 bits per heavy atom. The molecule has 0 aliphatic carbocycles. The lowest BCUT2D eigenvalue weighted by atomic mass is 9.95. The van der Waals surface area contributed by atoms with Crippen LogP contribution >= 0.6 is 0 Å². The first-order chi connectivity index (χ1) is 11.5. The SMILES string of the molecule is CCn1ccnc1C(=O)N[C@@H]1CCC(=O)N(C)[C@H]1c1nccn1C. The van der Waals surface area contributed by atoms with E-state index in [4.69, 9.17) is 0 Å². The third-order valence-corrected chi connectivity index (χ3v) is 4.56. The molecule has 0 aromatic carbocycles. The Labute approximate surface area is 140 Å². The zero-order chi connectivity index (χ0) is 17.3. The number of amides is 2. The van der Waals surface area contributed by atoms with Crippen molar-refractivity contribution in [2.75, 3.05) is 7.05 Å². The van der Waals surface area contributed by atoms with Gasteiger partial charge in [0.15, 0.2) is 5.82 Å². The van der Waals surface area contributed by atoms with Gasteiger partial charge in [-0.2, -0.15) is 0 Å². The van der Waals surface area contributed by atoms with E-state index in [9.17, 15) is 9.59 Å². The van der Waals surface area contributed by atoms with E-state index in [0.717, 1.165) is 5.82 Å². The highest BCUT2D eigenvalue weighted by Crippen LogP contribution is 2.29. The summed E-state index contributed by atoms with van der Waals surface area (Å²) in [6.45, 7) is 2.64. The third-order valence-electron chi connectivity index (χ3n) is 4.56. The summed E-state index contributed by atoms with van der Waals surface area (Å²) in [4.78, 5) is 34.9. The van der Waals surface area contributed by atoms with Crippen LogP contribution in [0.5, 0.6) is 0 Å². The number of carbonyl (C=O) groups is 2. The monoisotopic (exact) mass is 330 g/mol. The van der Waals surface area contributed by atoms with Crippen molar-refractivity contribution < 1.29 is 9.59 Å². The first-order valence-corrected chi connectivity index (χ1v) is 8.07. The molecule has 0 bridgehead atoms. The van der Waals surface area contributed by atoms with E-state index in [1.54, 1.807) is 35.1 Å². The minimum Gasteiger partial charge on any atom is -0.344 e. The summed E-state index contributed by atoms with van der Waals surface area (Å²) in [6.07, 6.45) is 7.92. The number of likely N-dealkylation sites (tertiary alicyclic amines) is 1. The van der Waals surface area contributed by atoms with Crippen molar-refractivity contribution in [1.29, 1.82) is 0 Å². The molecule has 0 radical (unpaired) electrons. The van der Waals surface area contributed by atoms with Crippen molar-refractivity contribution in [2.45, 2.75) is 38.4 Å². The Balaban J connectivity index is 1.86. The van der Waals surface area contributed by atoms with E-state index in [1.165, 1.54) is 0 Å². The van der Waals surface area contributed by atoms with Gasteiger partial charge in [-0.1, -0.05) is 0 Å². The molecule has 8 heteroatoms. The Hall–Kier alpha value is -2.64. The van der Waals surface area contributed by atoms with Crippen LogP contribution in [0.15, 0.2) is 24.8 Å². The van der Waals surface area contributed by atoms with Crippen LogP contribution < -0.4 is 5.32 Å². The molecular weight excluding hydrogens is 308 g/mol. The first-order valence-electron chi connectivity index (χ1n) is 8.07. The second-order valence-corrected chi connectivity index (χ2v) is 6.00. The van der Waals surface area contributed by atoms with Crippen LogP contribution in [0.25, 0.3) is 0 Å². The molecule has 3 rings (SSSR count). The molecule has 1 saturated heterocycles. The van der Waals surface area contributed by atoms with Crippen molar-refractivity contribution in [3.8, 4) is 0 Å². The fourth-order valence-corrected chi connectivity index (χ4v) is 3.21. The molecule has 2 amide bonds. The summed E-state index contributed by atoms with van der Waals surface area (Å²) < 4.78 is 3.68. The average molecular weight is 330 g/mol. The normalized spacial score (nSPS) is 21.1. The number of carbonyl (C=O) groups excluding carboxylic acids is 2. The fourth-order valence-electron chi connectivity index (χ4n) is 3.21. The van der Waals surface area contributed by atoms with Crippen LogP contribution in [0.3, 0.4) is 0 Å². The van der Waals surface area contributed by atoms with Crippen LogP contribution in [-0.2, 0) is 18.4 Å². The molecular formula is C16H22N6O2. The van der Waals surface area contributed by atoms with Gasteiger partial charge in [0.25, 0.3) is 5.91 Å². The highest BCUT2D eigenvalue weighted by molar-refractivity contribution is 5.91. The number of imidazole rings is 2. The topological polar surface area (TPSA) is 85.1 Å². The van der Waals surface area contributed by atoms with Crippen molar-refractivity contribution in [2.24, 2.45) is 7.05 Å². The zero-order valence-corrected chi connectivity index (χ0v) is 14.1. The van der Waals surface area contributed by atoms with Gasteiger partial charge in [0.1, 0.15) is 11.9 Å². The maximum Gasteiger partial charge on any atom is 0.287 e. The molecule has 0 saturated carbocycles. The van der Waals surface area contributed by atoms with E-state index in [1.807, 2.05) is 24.7 Å². The molecule has 1 aliphatic rings. The molecule has 2 aromatic rings. The van der Waals surface area contributed by atoms with Gasteiger partial charge in [0, 0.05) is 51.8 Å². The summed E-state index contributed by atoms with van der Waals surface area (Å²) >= 11 is 0. The molecule has 1 N–H and O–H groups in total. The average Bonchev–Trinajstić information content (AvgIpc) is 3.20. The Kier molecular flexibility index (Phi) is 4.37. The van der Waals surface area contributed by atoms with Crippen molar-refractivity contribution in [1.82, 2.24) is 29.3 Å². The first kappa shape index (κ1) is 16.2. The minimum atomic E-state index is -0.291. The smallest absolute Gasteiger partial charge is 0.287 e. The second-order valence-electron chi connectivity index (χ2n) is 6.00. The number of nitrogens with zero attached hydrogens (tertiary/aromatic N) is 5. The van der Waals surface area contributed by atoms with Gasteiger partial charge < -0.3 is 19.4 Å². The highest BCUT2D eigenvalue weighted by atomic mass is 16.2. The molecule has 8 nitrogen and oxygen atoms in total. The summed E-state index contributed by atoms with van der Waals surface area (Å²) in [6, 6.07) is -0.497. The molecule has 128 valence electrons. The lowest BCUT2D eigenvalue weighted by Crippen LogP contribution is -2.51. The van der Waals surface area contributed by atoms with Crippen molar-refractivity contribution in [3.63, 3.8) is 0 Å². The van der Waals surface area contributed by atoms with E-state index in [-0.39, 0.29) is 23.9 Å². The van der Waals surface area contributed by atoms with Gasteiger partial charge in [-0.15, -0.1) is 0 Å². The predicted octanol–water partition coefficient (Wildman–Crippen LogP) is 0.728. The summed E-state index contributed by atoms with van der Waals surface area (Å²) in [7, 11) is 3.64. The van der Waals surface area contributed by atoms with Crippen molar-refractivity contribution in [3.05, 3.63) is 36.4 Å². The number of hydrogen-bond donors (Lipinski definition) is 1. The lowest BCUT2D eigenvalue weighted by molar-refractivity contribution is -0.136. The van der Waals surface area contributed by atoms with E-state index in [2.05, 4.69) is 15.3 Å². The van der Waals surface area contributed by atoms with Gasteiger partial charge in [-0.3, -0.25) is 9.59 Å². The summed E-state index contributed by atoms with van der Waals surface area (Å²) in [5, 5.41) is 3.04. The molecule has 3 heterocycles. The maximum absolute atomic E-state index is 12.6. The Bertz CT molecular complexity index is 749. The summed E-state index contributed by atoms with van der Waals surface area (Å²) in [5.74, 6) is 0.975. The second kappa shape index (κ2) is 6.46. The van der Waals surface area contributed by atoms with Crippen molar-refractivity contribution >= 4 is 11.8 Å².